The number of hydrogen-bond donors (Lipinski definition) is 0. The maximum absolute atomic E-state index is 2.55. The Morgan fingerprint density at radius 2 is 2.00 bits per heavy atom. The van der Waals surface area contributed by atoms with Gasteiger partial charge in [0.2, 0.25) is 0 Å². The quantitative estimate of drug-likeness (QED) is 0.440. The van der Waals surface area contributed by atoms with Gasteiger partial charge in [-0.05, 0) is 19.0 Å². The summed E-state index contributed by atoms with van der Waals surface area (Å²) in [5.74, 6) is 0. The molecule has 0 unspecified atom stereocenters. The fourth-order valence-electron chi connectivity index (χ4n) is 1.28. The first kappa shape index (κ1) is 9.01. The van der Waals surface area contributed by atoms with Crippen molar-refractivity contribution in [2.75, 3.05) is 19.3 Å². The Labute approximate surface area is 72.3 Å². The van der Waals surface area contributed by atoms with Gasteiger partial charge in [0.05, 0.1) is 9.52 Å². The highest BCUT2D eigenvalue weighted by molar-refractivity contribution is 6.42. The molecule has 0 bridgehead atoms. The molecule has 1 fully saturated rings. The first-order valence-corrected chi connectivity index (χ1v) is 6.58. The van der Waals surface area contributed by atoms with Gasteiger partial charge in [0, 0.05) is 13.1 Å². The van der Waals surface area contributed by atoms with Crippen LogP contribution in [0.1, 0.15) is 26.7 Å². The van der Waals surface area contributed by atoms with Crippen LogP contribution >= 0.6 is 0 Å². The van der Waals surface area contributed by atoms with E-state index in [1.807, 2.05) is 0 Å². The molecule has 0 amide bonds. The molecule has 0 radical (unpaired) electrons. The minimum atomic E-state index is 0.121. The molecule has 1 heterocycles. The van der Waals surface area contributed by atoms with Crippen molar-refractivity contribution in [2.45, 2.75) is 26.7 Å². The highest BCUT2D eigenvalue weighted by atomic mass is 28.2. The molecule has 1 nitrogen and oxygen atoms in total. The second-order valence-electron chi connectivity index (χ2n) is 3.20. The van der Waals surface area contributed by atoms with Gasteiger partial charge in [-0.3, -0.25) is 0 Å². The lowest BCUT2D eigenvalue weighted by Gasteiger charge is -1.99. The third-order valence-corrected chi connectivity index (χ3v) is 4.08. The normalized spacial score (nSPS) is 17.6. The van der Waals surface area contributed by atoms with Crippen LogP contribution in [0.4, 0.5) is 0 Å². The third-order valence-electron chi connectivity index (χ3n) is 2.33. The van der Waals surface area contributed by atoms with Crippen LogP contribution < -0.4 is 0 Å². The minimum Gasteiger partial charge on any atom is -0.304 e. The predicted octanol–water partition coefficient (Wildman–Crippen LogP) is 1.13. The summed E-state index contributed by atoms with van der Waals surface area (Å²) in [7, 11) is 0.121. The topological polar surface area (TPSA) is 3.01 Å². The fraction of sp³-hybridized carbons (Fsp3) is 0.778. The van der Waals surface area contributed by atoms with Gasteiger partial charge in [-0.1, -0.05) is 19.4 Å². The van der Waals surface area contributed by atoms with Gasteiger partial charge in [0.1, 0.15) is 0 Å². The first-order chi connectivity index (χ1) is 5.36. The van der Waals surface area contributed by atoms with Gasteiger partial charge in [-0.15, -0.1) is 5.70 Å². The molecule has 0 atom stereocenters. The van der Waals surface area contributed by atoms with Gasteiger partial charge in [0.15, 0.2) is 0 Å². The summed E-state index contributed by atoms with van der Waals surface area (Å²) in [6.07, 6.45) is 3.95. The molecule has 0 aromatic rings. The molecule has 0 aliphatic carbocycles. The second-order valence-corrected chi connectivity index (χ2v) is 4.63. The Hall–Kier alpha value is -0.0831. The van der Waals surface area contributed by atoms with Gasteiger partial charge < -0.3 is 4.90 Å². The lowest BCUT2D eigenvalue weighted by Crippen LogP contribution is -2.06. The van der Waals surface area contributed by atoms with E-state index in [0.29, 0.717) is 0 Å². The number of allylic oxidation sites excluding steroid dienone is 1. The zero-order valence-electron chi connectivity index (χ0n) is 7.77. The Morgan fingerprint density at radius 1 is 1.36 bits per heavy atom. The number of rotatable bonds is 5. The van der Waals surface area contributed by atoms with Crippen molar-refractivity contribution in [1.29, 1.82) is 0 Å². The number of hydrogen-bond acceptors (Lipinski definition) is 1. The summed E-state index contributed by atoms with van der Waals surface area (Å²) in [6, 6.07) is 0. The molecule has 0 N–H and O–H groups in total. The summed E-state index contributed by atoms with van der Waals surface area (Å²) in [6.45, 7) is 7.27. The van der Waals surface area contributed by atoms with E-state index in [0.717, 1.165) is 0 Å². The second kappa shape index (κ2) is 4.73. The molecule has 0 aromatic heterocycles. The van der Waals surface area contributed by atoms with Crippen LogP contribution in [0.25, 0.3) is 0 Å². The Kier molecular flexibility index (Phi) is 3.87. The van der Waals surface area contributed by atoms with Crippen LogP contribution in [0, 0.1) is 0 Å². The van der Waals surface area contributed by atoms with Crippen molar-refractivity contribution < 1.29 is 0 Å². The lowest BCUT2D eigenvalue weighted by molar-refractivity contribution is 0.661. The molecule has 0 spiro atoms. The van der Waals surface area contributed by atoms with Crippen LogP contribution in [0.3, 0.4) is 0 Å². The van der Waals surface area contributed by atoms with Gasteiger partial charge >= 0.3 is 0 Å². The van der Waals surface area contributed by atoms with Crippen LogP contribution in [0.15, 0.2) is 11.3 Å². The van der Waals surface area contributed by atoms with Crippen LogP contribution in [0.2, 0.25) is 0 Å². The summed E-state index contributed by atoms with van der Waals surface area (Å²) in [4.78, 5) is 2.53. The maximum atomic E-state index is 2.55. The fourth-order valence-corrected chi connectivity index (χ4v) is 3.21. The van der Waals surface area contributed by atoms with E-state index in [1.165, 1.54) is 32.1 Å². The van der Waals surface area contributed by atoms with Gasteiger partial charge in [0.25, 0.3) is 0 Å². The van der Waals surface area contributed by atoms with E-state index in [4.69, 9.17) is 0 Å². The molecule has 11 heavy (non-hydrogen) atoms. The highest BCUT2D eigenvalue weighted by Gasteiger charge is 2.14. The van der Waals surface area contributed by atoms with E-state index >= 15 is 0 Å². The van der Waals surface area contributed by atoms with E-state index in [2.05, 4.69) is 24.4 Å². The predicted molar refractivity (Wildman–Crippen MR) is 53.6 cm³/mol. The number of nitrogens with zero attached hydrogens (tertiary/aromatic N) is 1. The van der Waals surface area contributed by atoms with Crippen LogP contribution in [0.5, 0.6) is 0 Å². The average molecular weight is 169 g/mol. The van der Waals surface area contributed by atoms with Crippen molar-refractivity contribution in [1.82, 2.24) is 4.90 Å². The zero-order valence-corrected chi connectivity index (χ0v) is 9.18. The molecule has 1 aliphatic rings. The van der Waals surface area contributed by atoms with E-state index in [-0.39, 0.29) is 9.52 Å². The van der Waals surface area contributed by atoms with E-state index < -0.39 is 0 Å². The van der Waals surface area contributed by atoms with Crippen molar-refractivity contribution in [3.05, 3.63) is 11.3 Å². The van der Waals surface area contributed by atoms with Crippen LogP contribution in [-0.2, 0) is 0 Å². The summed E-state index contributed by atoms with van der Waals surface area (Å²) >= 11 is 0. The largest absolute Gasteiger partial charge is 0.304 e. The molecule has 1 saturated heterocycles. The van der Waals surface area contributed by atoms with E-state index in [1.54, 1.807) is 5.57 Å². The molecule has 1 rings (SSSR count). The summed E-state index contributed by atoms with van der Waals surface area (Å²) in [5.41, 5.74) is 4.23. The maximum Gasteiger partial charge on any atom is 0.0612 e. The Balaban J connectivity index is 2.08. The molecule has 2 heteroatoms. The van der Waals surface area contributed by atoms with Gasteiger partial charge in [-0.2, -0.15) is 0 Å². The third kappa shape index (κ3) is 3.73. The summed E-state index contributed by atoms with van der Waals surface area (Å²) < 4.78 is 0. The average Bonchev–Trinajstić information content (AvgIpc) is 2.82. The zero-order chi connectivity index (χ0) is 8.10. The summed E-state index contributed by atoms with van der Waals surface area (Å²) in [5, 5.41) is 0. The SMILES string of the molecule is CCC(=C[SiH2]CN1CC1)CC. The van der Waals surface area contributed by atoms with Crippen molar-refractivity contribution in [2.24, 2.45) is 0 Å². The Bertz CT molecular complexity index is 132. The molecule has 1 aliphatic heterocycles. The molecule has 0 saturated carbocycles. The van der Waals surface area contributed by atoms with Crippen molar-refractivity contribution in [3.8, 4) is 0 Å². The molecule has 0 aromatic carbocycles. The van der Waals surface area contributed by atoms with Crippen LogP contribution in [-0.4, -0.2) is 33.7 Å². The molecular weight excluding hydrogens is 150 g/mol. The minimum absolute atomic E-state index is 0.121. The molecular formula is C9H19NSi. The van der Waals surface area contributed by atoms with Crippen molar-refractivity contribution >= 4 is 9.52 Å². The lowest BCUT2D eigenvalue weighted by atomic mass is 10.2. The monoisotopic (exact) mass is 169 g/mol. The first-order valence-electron chi connectivity index (χ1n) is 4.77. The smallest absolute Gasteiger partial charge is 0.0612 e. The Morgan fingerprint density at radius 3 is 2.45 bits per heavy atom. The van der Waals surface area contributed by atoms with E-state index in [9.17, 15) is 0 Å². The highest BCUT2D eigenvalue weighted by Crippen LogP contribution is 2.05. The molecule has 64 valence electrons. The standard InChI is InChI=1S/C9H19NSi/c1-3-9(4-2)7-11-8-10-5-6-10/h7H,3-6,8,11H2,1-2H3. The van der Waals surface area contributed by atoms with Crippen molar-refractivity contribution in [3.63, 3.8) is 0 Å². The van der Waals surface area contributed by atoms with Gasteiger partial charge in [-0.25, -0.2) is 0 Å².